The van der Waals surface area contributed by atoms with Gasteiger partial charge in [-0.1, -0.05) is 0 Å². The summed E-state index contributed by atoms with van der Waals surface area (Å²) in [6.45, 7) is 2.10. The van der Waals surface area contributed by atoms with Crippen LogP contribution in [-0.4, -0.2) is 30.8 Å². The van der Waals surface area contributed by atoms with E-state index in [0.717, 1.165) is 19.1 Å². The number of hydrogen-bond acceptors (Lipinski definition) is 3. The van der Waals surface area contributed by atoms with Crippen LogP contribution < -0.4 is 5.32 Å². The van der Waals surface area contributed by atoms with Gasteiger partial charge in [-0.3, -0.25) is 0 Å². The fraction of sp³-hybridized carbons (Fsp3) is 0.417. The van der Waals surface area contributed by atoms with Crippen molar-refractivity contribution in [3.05, 3.63) is 29.6 Å². The monoisotopic (exact) mass is 239 g/mol. The molecule has 0 amide bonds. The van der Waals surface area contributed by atoms with E-state index in [9.17, 15) is 9.18 Å². The molecule has 1 aromatic rings. The molecule has 1 fully saturated rings. The lowest BCUT2D eigenvalue weighted by Crippen LogP contribution is -2.15. The highest BCUT2D eigenvalue weighted by atomic mass is 19.1. The zero-order valence-corrected chi connectivity index (χ0v) is 9.28. The van der Waals surface area contributed by atoms with Gasteiger partial charge < -0.3 is 15.2 Å². The summed E-state index contributed by atoms with van der Waals surface area (Å²) in [5.74, 6) is -1.27. The molecule has 17 heavy (non-hydrogen) atoms. The Balaban J connectivity index is 1.98. The van der Waals surface area contributed by atoms with E-state index < -0.39 is 11.8 Å². The molecule has 0 saturated carbocycles. The molecule has 0 aromatic heterocycles. The summed E-state index contributed by atoms with van der Waals surface area (Å²) in [4.78, 5) is 10.6. The molecule has 92 valence electrons. The minimum atomic E-state index is -1.13. The van der Waals surface area contributed by atoms with Crippen LogP contribution in [0.5, 0.6) is 0 Å². The lowest BCUT2D eigenvalue weighted by Gasteiger charge is -2.11. The van der Waals surface area contributed by atoms with Crippen molar-refractivity contribution in [1.29, 1.82) is 0 Å². The van der Waals surface area contributed by atoms with Gasteiger partial charge in [0, 0.05) is 19.1 Å². The number of anilines is 1. The molecule has 2 N–H and O–H groups in total. The van der Waals surface area contributed by atoms with Gasteiger partial charge in [-0.05, 0) is 24.6 Å². The molecule has 0 radical (unpaired) electrons. The van der Waals surface area contributed by atoms with Crippen LogP contribution in [0.3, 0.4) is 0 Å². The van der Waals surface area contributed by atoms with Gasteiger partial charge in [0.2, 0.25) is 0 Å². The van der Waals surface area contributed by atoms with Crippen molar-refractivity contribution in [1.82, 2.24) is 0 Å². The summed E-state index contributed by atoms with van der Waals surface area (Å²) in [5, 5.41) is 11.7. The molecule has 0 aliphatic carbocycles. The maximum absolute atomic E-state index is 13.5. The first-order valence-corrected chi connectivity index (χ1v) is 5.51. The third kappa shape index (κ3) is 2.94. The largest absolute Gasteiger partial charge is 0.478 e. The summed E-state index contributed by atoms with van der Waals surface area (Å²) in [6.07, 6.45) is 0.974. The van der Waals surface area contributed by atoms with E-state index in [2.05, 4.69) is 5.32 Å². The summed E-state index contributed by atoms with van der Waals surface area (Å²) < 4.78 is 18.7. The Hall–Kier alpha value is -1.62. The maximum Gasteiger partial charge on any atom is 0.335 e. The average Bonchev–Trinajstić information content (AvgIpc) is 2.80. The van der Waals surface area contributed by atoms with Gasteiger partial charge >= 0.3 is 5.97 Å². The Morgan fingerprint density at radius 2 is 2.41 bits per heavy atom. The first-order valence-electron chi connectivity index (χ1n) is 5.51. The molecule has 1 heterocycles. The average molecular weight is 239 g/mol. The van der Waals surface area contributed by atoms with Crippen LogP contribution in [0.4, 0.5) is 10.1 Å². The molecule has 1 aliphatic rings. The van der Waals surface area contributed by atoms with Crippen molar-refractivity contribution in [3.8, 4) is 0 Å². The van der Waals surface area contributed by atoms with Crippen molar-refractivity contribution in [3.63, 3.8) is 0 Å². The number of hydrogen-bond donors (Lipinski definition) is 2. The number of rotatable bonds is 4. The van der Waals surface area contributed by atoms with Gasteiger partial charge in [0.1, 0.15) is 5.82 Å². The van der Waals surface area contributed by atoms with Crippen LogP contribution in [0.2, 0.25) is 0 Å². The van der Waals surface area contributed by atoms with Gasteiger partial charge in [-0.2, -0.15) is 0 Å². The highest BCUT2D eigenvalue weighted by Crippen LogP contribution is 2.18. The smallest absolute Gasteiger partial charge is 0.335 e. The number of nitrogens with one attached hydrogen (secondary N) is 1. The molecule has 5 heteroatoms. The topological polar surface area (TPSA) is 58.6 Å². The third-order valence-electron chi connectivity index (χ3n) is 2.82. The quantitative estimate of drug-likeness (QED) is 0.843. The number of benzene rings is 1. The number of halogens is 1. The van der Waals surface area contributed by atoms with E-state index >= 15 is 0 Å². The van der Waals surface area contributed by atoms with Crippen LogP contribution >= 0.6 is 0 Å². The predicted octanol–water partition coefficient (Wildman–Crippen LogP) is 1.97. The van der Waals surface area contributed by atoms with Crippen LogP contribution in [0.15, 0.2) is 18.2 Å². The maximum atomic E-state index is 13.5. The number of carbonyl (C=O) groups is 1. The van der Waals surface area contributed by atoms with Crippen molar-refractivity contribution >= 4 is 11.7 Å². The van der Waals surface area contributed by atoms with E-state index in [4.69, 9.17) is 9.84 Å². The Kier molecular flexibility index (Phi) is 3.58. The molecule has 1 aliphatic heterocycles. The summed E-state index contributed by atoms with van der Waals surface area (Å²) in [5.41, 5.74) is 0.291. The van der Waals surface area contributed by atoms with E-state index in [0.29, 0.717) is 24.8 Å². The molecule has 0 spiro atoms. The van der Waals surface area contributed by atoms with Crippen LogP contribution in [-0.2, 0) is 4.74 Å². The normalized spacial score (nSPS) is 19.2. The molecular weight excluding hydrogens is 225 g/mol. The van der Waals surface area contributed by atoms with Gasteiger partial charge in [-0.25, -0.2) is 9.18 Å². The third-order valence-corrected chi connectivity index (χ3v) is 2.82. The Labute approximate surface area is 98.4 Å². The molecule has 0 bridgehead atoms. The van der Waals surface area contributed by atoms with Gasteiger partial charge in [0.15, 0.2) is 0 Å². The van der Waals surface area contributed by atoms with Gasteiger partial charge in [0.25, 0.3) is 0 Å². The summed E-state index contributed by atoms with van der Waals surface area (Å²) >= 11 is 0. The Bertz CT molecular complexity index is 416. The fourth-order valence-corrected chi connectivity index (χ4v) is 1.79. The van der Waals surface area contributed by atoms with Crippen molar-refractivity contribution in [2.75, 3.05) is 25.1 Å². The first-order chi connectivity index (χ1) is 8.16. The van der Waals surface area contributed by atoms with Crippen molar-refractivity contribution in [2.24, 2.45) is 5.92 Å². The molecular formula is C12H14FNO3. The van der Waals surface area contributed by atoms with Crippen molar-refractivity contribution < 1.29 is 19.0 Å². The highest BCUT2D eigenvalue weighted by molar-refractivity contribution is 5.88. The second-order valence-electron chi connectivity index (χ2n) is 4.11. The van der Waals surface area contributed by atoms with Crippen LogP contribution in [0.1, 0.15) is 16.8 Å². The number of carboxylic acid groups (broad SMARTS) is 1. The van der Waals surface area contributed by atoms with Crippen LogP contribution in [0, 0.1) is 11.7 Å². The molecule has 2 rings (SSSR count). The second kappa shape index (κ2) is 5.14. The Morgan fingerprint density at radius 3 is 3.00 bits per heavy atom. The number of carboxylic acids is 1. The minimum Gasteiger partial charge on any atom is -0.478 e. The lowest BCUT2D eigenvalue weighted by molar-refractivity contribution is 0.0696. The summed E-state index contributed by atoms with van der Waals surface area (Å²) in [6, 6.07) is 3.86. The minimum absolute atomic E-state index is 0.0442. The van der Waals surface area contributed by atoms with E-state index in [-0.39, 0.29) is 5.56 Å². The molecule has 1 aromatic carbocycles. The van der Waals surface area contributed by atoms with Crippen LogP contribution in [0.25, 0.3) is 0 Å². The van der Waals surface area contributed by atoms with Gasteiger partial charge in [0.05, 0.1) is 17.9 Å². The zero-order chi connectivity index (χ0) is 12.3. The van der Waals surface area contributed by atoms with Crippen molar-refractivity contribution in [2.45, 2.75) is 6.42 Å². The molecule has 1 saturated heterocycles. The summed E-state index contributed by atoms with van der Waals surface area (Å²) in [7, 11) is 0. The predicted molar refractivity (Wildman–Crippen MR) is 60.8 cm³/mol. The lowest BCUT2D eigenvalue weighted by atomic mass is 10.1. The Morgan fingerprint density at radius 1 is 1.59 bits per heavy atom. The second-order valence-corrected chi connectivity index (χ2v) is 4.11. The van der Waals surface area contributed by atoms with E-state index in [1.807, 2.05) is 0 Å². The molecule has 1 atom stereocenters. The SMILES string of the molecule is O=C(O)c1ccc(NCC2CCOC2)c(F)c1. The van der Waals surface area contributed by atoms with E-state index in [1.165, 1.54) is 12.1 Å². The fourth-order valence-electron chi connectivity index (χ4n) is 1.79. The molecule has 1 unspecified atom stereocenters. The number of ether oxygens (including phenoxy) is 1. The van der Waals surface area contributed by atoms with E-state index in [1.54, 1.807) is 0 Å². The zero-order valence-electron chi connectivity index (χ0n) is 9.28. The standard InChI is InChI=1S/C12H14FNO3/c13-10-5-9(12(15)16)1-2-11(10)14-6-8-3-4-17-7-8/h1-2,5,8,14H,3-4,6-7H2,(H,15,16). The first kappa shape index (κ1) is 11.9. The van der Waals surface area contributed by atoms with Gasteiger partial charge in [-0.15, -0.1) is 0 Å². The highest BCUT2D eigenvalue weighted by Gasteiger charge is 2.16. The number of aromatic carboxylic acids is 1. The molecule has 4 nitrogen and oxygen atoms in total.